The van der Waals surface area contributed by atoms with Crippen LogP contribution < -0.4 is 9.62 Å². The third kappa shape index (κ3) is 5.50. The maximum atomic E-state index is 12.9. The molecular formula is C33H33Cl2N5O5S2. The zero-order chi connectivity index (χ0) is 32.7. The highest BCUT2D eigenvalue weighted by Crippen LogP contribution is 2.48. The largest absolute Gasteiger partial charge is 0.360 e. The number of halogens is 2. The number of sulfonamides is 1. The van der Waals surface area contributed by atoms with Gasteiger partial charge in [0.15, 0.2) is 5.13 Å². The molecule has 47 heavy (non-hydrogen) atoms. The molecule has 2 atom stereocenters. The Hall–Kier alpha value is -3.19. The van der Waals surface area contributed by atoms with Gasteiger partial charge in [-0.2, -0.15) is 0 Å². The second-order valence-electron chi connectivity index (χ2n) is 13.5. The van der Waals surface area contributed by atoms with Gasteiger partial charge in [-0.05, 0) is 88.6 Å². The molecule has 2 amide bonds. The fraction of sp³-hybridized carbons (Fsp3) is 0.455. The zero-order valence-electron chi connectivity index (χ0n) is 25.6. The van der Waals surface area contributed by atoms with Crippen molar-refractivity contribution in [2.75, 3.05) is 4.90 Å². The zero-order valence-corrected chi connectivity index (χ0v) is 28.8. The maximum Gasteiger partial charge on any atom is 0.264 e. The van der Waals surface area contributed by atoms with E-state index in [0.29, 0.717) is 46.3 Å². The van der Waals surface area contributed by atoms with E-state index in [1.54, 1.807) is 43.3 Å². The van der Waals surface area contributed by atoms with Gasteiger partial charge in [0.25, 0.3) is 5.91 Å². The predicted octanol–water partition coefficient (Wildman–Crippen LogP) is 6.91. The molecule has 4 heterocycles. The summed E-state index contributed by atoms with van der Waals surface area (Å²) in [4.78, 5) is 34.7. The molecule has 246 valence electrons. The summed E-state index contributed by atoms with van der Waals surface area (Å²) in [5.41, 5.74) is 3.14. The minimum Gasteiger partial charge on any atom is -0.360 e. The quantitative estimate of drug-likeness (QED) is 0.176. The highest BCUT2D eigenvalue weighted by atomic mass is 35.5. The van der Waals surface area contributed by atoms with Crippen LogP contribution >= 0.6 is 34.5 Å². The first-order valence-corrected chi connectivity index (χ1v) is 19.0. The Kier molecular flexibility index (Phi) is 7.58. The first-order chi connectivity index (χ1) is 22.5. The van der Waals surface area contributed by atoms with Gasteiger partial charge in [-0.3, -0.25) is 9.59 Å². The van der Waals surface area contributed by atoms with Crippen LogP contribution in [0.2, 0.25) is 10.0 Å². The lowest BCUT2D eigenvalue weighted by Gasteiger charge is -2.42. The van der Waals surface area contributed by atoms with E-state index in [1.807, 2.05) is 4.90 Å². The third-order valence-electron chi connectivity index (χ3n) is 10.3. The van der Waals surface area contributed by atoms with Crippen LogP contribution in [0.4, 0.5) is 5.13 Å². The average Bonchev–Trinajstić information content (AvgIpc) is 3.92. The molecule has 4 fully saturated rings. The molecule has 2 aromatic carbocycles. The smallest absolute Gasteiger partial charge is 0.264 e. The second-order valence-corrected chi connectivity index (χ2v) is 17.5. The van der Waals surface area contributed by atoms with Crippen molar-refractivity contribution in [3.05, 3.63) is 63.3 Å². The van der Waals surface area contributed by atoms with Crippen molar-refractivity contribution < 1.29 is 22.5 Å². The van der Waals surface area contributed by atoms with E-state index in [0.717, 1.165) is 71.6 Å². The van der Waals surface area contributed by atoms with Gasteiger partial charge in [0, 0.05) is 40.7 Å². The van der Waals surface area contributed by atoms with Gasteiger partial charge in [0.1, 0.15) is 11.5 Å². The molecule has 0 spiro atoms. The van der Waals surface area contributed by atoms with E-state index in [4.69, 9.17) is 32.7 Å². The molecule has 14 heteroatoms. The summed E-state index contributed by atoms with van der Waals surface area (Å²) >= 11 is 14.7. The minimum absolute atomic E-state index is 0.0257. The van der Waals surface area contributed by atoms with Crippen LogP contribution in [-0.4, -0.2) is 58.6 Å². The summed E-state index contributed by atoms with van der Waals surface area (Å²) in [6.45, 7) is 2.02. The van der Waals surface area contributed by atoms with Crippen molar-refractivity contribution in [3.63, 3.8) is 0 Å². The molecule has 8 rings (SSSR count). The number of nitrogens with one attached hydrogen (secondary N) is 1. The van der Waals surface area contributed by atoms with E-state index >= 15 is 0 Å². The van der Waals surface area contributed by atoms with Crippen LogP contribution in [0.5, 0.6) is 0 Å². The Morgan fingerprint density at radius 1 is 1.13 bits per heavy atom. The molecular weight excluding hydrogens is 681 g/mol. The summed E-state index contributed by atoms with van der Waals surface area (Å²) in [5.74, 6) is 0.475. The van der Waals surface area contributed by atoms with Gasteiger partial charge < -0.3 is 14.3 Å². The lowest BCUT2D eigenvalue weighted by atomic mass is 9.95. The standard InChI is InChI=1S/C33H33Cl2N5O5S2/c1-33(11-12-33)47(43,44)38-31(42)19-7-10-26-27(13-19)46-32(36-26)40-20-8-9-21(40)15-22(14-20)39(17-41)16-23-29(37-45-30(23)18-5-6-18)28-24(34)3-2-4-25(28)35/h2-4,7,10,13,17-18,20-22H,5-6,8-9,11-12,14-16H2,1H3,(H,38,42). The van der Waals surface area contributed by atoms with Crippen LogP contribution in [-0.2, 0) is 21.4 Å². The highest BCUT2D eigenvalue weighted by molar-refractivity contribution is 7.91. The number of benzene rings is 2. The molecule has 2 aromatic heterocycles. The molecule has 2 aliphatic carbocycles. The van der Waals surface area contributed by atoms with E-state index < -0.39 is 20.7 Å². The summed E-state index contributed by atoms with van der Waals surface area (Å²) in [6, 6.07) is 10.9. The monoisotopic (exact) mass is 713 g/mol. The number of carbonyl (C=O) groups is 2. The average molecular weight is 715 g/mol. The van der Waals surface area contributed by atoms with Gasteiger partial charge in [-0.25, -0.2) is 18.1 Å². The normalized spacial score (nSPS) is 23.2. The van der Waals surface area contributed by atoms with Crippen molar-refractivity contribution >= 4 is 72.2 Å². The van der Waals surface area contributed by atoms with E-state index in [2.05, 4.69) is 14.8 Å². The number of thiazole rings is 1. The number of aromatic nitrogens is 2. The van der Waals surface area contributed by atoms with Crippen LogP contribution in [0.25, 0.3) is 21.5 Å². The molecule has 2 unspecified atom stereocenters. The molecule has 2 saturated heterocycles. The molecule has 2 aliphatic heterocycles. The Bertz CT molecular complexity index is 1990. The molecule has 2 saturated carbocycles. The van der Waals surface area contributed by atoms with Crippen LogP contribution in [0.3, 0.4) is 0 Å². The van der Waals surface area contributed by atoms with Crippen LogP contribution in [0.15, 0.2) is 40.9 Å². The SMILES string of the molecule is CC1(S(=O)(=O)NC(=O)c2ccc3nc(N4C5CCC4CC(N(C=O)Cc4c(-c6c(Cl)cccc6Cl)noc4C4CC4)C5)sc3c2)CC1. The van der Waals surface area contributed by atoms with E-state index in [9.17, 15) is 18.0 Å². The number of fused-ring (bicyclic) bond motifs is 3. The summed E-state index contributed by atoms with van der Waals surface area (Å²) in [7, 11) is -3.73. The number of nitrogens with zero attached hydrogens (tertiary/aromatic N) is 4. The fourth-order valence-corrected chi connectivity index (χ4v) is 10.1. The third-order valence-corrected chi connectivity index (χ3v) is 14.1. The van der Waals surface area contributed by atoms with Crippen molar-refractivity contribution in [1.82, 2.24) is 19.8 Å². The Labute approximate surface area is 286 Å². The summed E-state index contributed by atoms with van der Waals surface area (Å²) < 4.78 is 33.3. The highest BCUT2D eigenvalue weighted by Gasteiger charge is 2.51. The van der Waals surface area contributed by atoms with Gasteiger partial charge in [0.2, 0.25) is 16.4 Å². The number of piperidine rings is 1. The van der Waals surface area contributed by atoms with Gasteiger partial charge in [0.05, 0.1) is 31.6 Å². The number of hydrogen-bond donors (Lipinski definition) is 1. The molecule has 2 bridgehead atoms. The maximum absolute atomic E-state index is 12.9. The first-order valence-electron chi connectivity index (χ1n) is 15.9. The van der Waals surface area contributed by atoms with Crippen molar-refractivity contribution in [2.45, 2.75) is 93.6 Å². The topological polar surface area (TPSA) is 126 Å². The Morgan fingerprint density at radius 2 is 1.83 bits per heavy atom. The van der Waals surface area contributed by atoms with Crippen molar-refractivity contribution in [3.8, 4) is 11.3 Å². The van der Waals surface area contributed by atoms with E-state index in [-0.39, 0.29) is 24.0 Å². The van der Waals surface area contributed by atoms with Gasteiger partial charge in [-0.15, -0.1) is 0 Å². The Morgan fingerprint density at radius 3 is 2.47 bits per heavy atom. The van der Waals surface area contributed by atoms with Crippen molar-refractivity contribution in [1.29, 1.82) is 0 Å². The van der Waals surface area contributed by atoms with E-state index in [1.165, 1.54) is 11.3 Å². The van der Waals surface area contributed by atoms with Gasteiger partial charge in [-0.1, -0.05) is 45.8 Å². The fourth-order valence-electron chi connectivity index (χ4n) is 7.14. The van der Waals surface area contributed by atoms with Crippen LogP contribution in [0.1, 0.15) is 85.9 Å². The molecule has 1 N–H and O–H groups in total. The number of hydrogen-bond acceptors (Lipinski definition) is 9. The lowest BCUT2D eigenvalue weighted by molar-refractivity contribution is -0.121. The number of carbonyl (C=O) groups excluding carboxylic acids is 2. The van der Waals surface area contributed by atoms with Crippen LogP contribution in [0, 0.1) is 0 Å². The molecule has 10 nitrogen and oxygen atoms in total. The number of rotatable bonds is 10. The summed E-state index contributed by atoms with van der Waals surface area (Å²) in [6.07, 6.45) is 7.67. The number of anilines is 1. The molecule has 0 radical (unpaired) electrons. The molecule has 4 aromatic rings. The number of amides is 2. The summed E-state index contributed by atoms with van der Waals surface area (Å²) in [5, 5.41) is 6.26. The Balaban J connectivity index is 1.01. The lowest BCUT2D eigenvalue weighted by Crippen LogP contribution is -2.50. The van der Waals surface area contributed by atoms with Crippen molar-refractivity contribution in [2.24, 2.45) is 0 Å². The first kappa shape index (κ1) is 31.1. The van der Waals surface area contributed by atoms with Gasteiger partial charge >= 0.3 is 0 Å². The molecule has 4 aliphatic rings. The second kappa shape index (κ2) is 11.5. The predicted molar refractivity (Wildman–Crippen MR) is 181 cm³/mol. The minimum atomic E-state index is -3.73.